The summed E-state index contributed by atoms with van der Waals surface area (Å²) in [7, 11) is 0. The van der Waals surface area contributed by atoms with Crippen LogP contribution in [0, 0.1) is 0 Å². The van der Waals surface area contributed by atoms with Gasteiger partial charge in [0, 0.05) is 24.4 Å². The lowest BCUT2D eigenvalue weighted by Gasteiger charge is -2.38. The lowest BCUT2D eigenvalue weighted by Crippen LogP contribution is -2.51. The molecule has 1 aliphatic carbocycles. The van der Waals surface area contributed by atoms with Crippen LogP contribution in [0.5, 0.6) is 5.75 Å². The zero-order valence-corrected chi connectivity index (χ0v) is 9.03. The predicted molar refractivity (Wildman–Crippen MR) is 58.1 cm³/mol. The number of alkyl halides is 1. The third kappa shape index (κ3) is 2.32. The first-order valence-corrected chi connectivity index (χ1v) is 5.25. The van der Waals surface area contributed by atoms with Crippen molar-refractivity contribution in [3.63, 3.8) is 0 Å². The number of aromatic hydroxyl groups is 1. The van der Waals surface area contributed by atoms with Gasteiger partial charge in [-0.3, -0.25) is 4.79 Å². The summed E-state index contributed by atoms with van der Waals surface area (Å²) in [5.41, 5.74) is -0.746. The van der Waals surface area contributed by atoms with Gasteiger partial charge in [0.25, 0.3) is 5.91 Å². The number of hydrogen-bond donors (Lipinski definition) is 2. The molecule has 86 valence electrons. The normalized spacial score (nSPS) is 28.2. The summed E-state index contributed by atoms with van der Waals surface area (Å²) in [4.78, 5) is 11.7. The number of hydrogen-bond acceptors (Lipinski definition) is 2. The minimum Gasteiger partial charge on any atom is -0.508 e. The molecule has 0 atom stereocenters. The molecule has 0 spiro atoms. The van der Waals surface area contributed by atoms with Crippen LogP contribution in [0.25, 0.3) is 0 Å². The highest BCUT2D eigenvalue weighted by atomic mass is 19.1. The summed E-state index contributed by atoms with van der Waals surface area (Å²) in [6.45, 7) is 1.53. The van der Waals surface area contributed by atoms with E-state index in [-0.39, 0.29) is 17.7 Å². The largest absolute Gasteiger partial charge is 0.508 e. The standard InChI is InChI=1S/C12H14FNO2/c1-12(13)6-9(7-12)14-11(16)8-3-2-4-10(15)5-8/h2-5,9,15H,6-7H2,1H3,(H,14,16). The van der Waals surface area contributed by atoms with Gasteiger partial charge >= 0.3 is 0 Å². The summed E-state index contributed by atoms with van der Waals surface area (Å²) in [5.74, 6) is -0.215. The van der Waals surface area contributed by atoms with E-state index in [1.165, 1.54) is 19.1 Å². The highest BCUT2D eigenvalue weighted by Crippen LogP contribution is 2.35. The van der Waals surface area contributed by atoms with Gasteiger partial charge in [-0.25, -0.2) is 4.39 Å². The molecule has 0 saturated heterocycles. The Bertz CT molecular complexity index is 409. The van der Waals surface area contributed by atoms with Crippen LogP contribution in [-0.4, -0.2) is 22.7 Å². The quantitative estimate of drug-likeness (QED) is 0.805. The molecule has 0 aromatic heterocycles. The second kappa shape index (κ2) is 3.77. The highest BCUT2D eigenvalue weighted by Gasteiger charge is 2.41. The third-order valence-corrected chi connectivity index (χ3v) is 2.79. The summed E-state index contributed by atoms with van der Waals surface area (Å²) in [5, 5.41) is 11.9. The maximum Gasteiger partial charge on any atom is 0.251 e. The lowest BCUT2D eigenvalue weighted by molar-refractivity contribution is 0.0445. The number of rotatable bonds is 2. The van der Waals surface area contributed by atoms with Crippen LogP contribution < -0.4 is 5.32 Å². The first-order chi connectivity index (χ1) is 7.46. The monoisotopic (exact) mass is 223 g/mol. The molecule has 1 aromatic rings. The second-order valence-electron chi connectivity index (χ2n) is 4.54. The van der Waals surface area contributed by atoms with E-state index >= 15 is 0 Å². The van der Waals surface area contributed by atoms with E-state index < -0.39 is 5.67 Å². The number of benzene rings is 1. The van der Waals surface area contributed by atoms with E-state index in [1.54, 1.807) is 12.1 Å². The van der Waals surface area contributed by atoms with Crippen molar-refractivity contribution in [3.8, 4) is 5.75 Å². The zero-order chi connectivity index (χ0) is 11.8. The summed E-state index contributed by atoms with van der Waals surface area (Å²) in [6, 6.07) is 6.01. The van der Waals surface area contributed by atoms with Crippen LogP contribution >= 0.6 is 0 Å². The number of nitrogens with one attached hydrogen (secondary N) is 1. The van der Waals surface area contributed by atoms with E-state index in [1.807, 2.05) is 0 Å². The van der Waals surface area contributed by atoms with Crippen LogP contribution in [0.2, 0.25) is 0 Å². The fourth-order valence-corrected chi connectivity index (χ4v) is 1.99. The first-order valence-electron chi connectivity index (χ1n) is 5.25. The van der Waals surface area contributed by atoms with Gasteiger partial charge in [0.1, 0.15) is 11.4 Å². The number of amides is 1. The average Bonchev–Trinajstić information content (AvgIpc) is 2.14. The van der Waals surface area contributed by atoms with Crippen molar-refractivity contribution in [3.05, 3.63) is 29.8 Å². The zero-order valence-electron chi connectivity index (χ0n) is 9.03. The Kier molecular flexibility index (Phi) is 2.58. The average molecular weight is 223 g/mol. The molecule has 4 heteroatoms. The van der Waals surface area contributed by atoms with E-state index in [0.29, 0.717) is 18.4 Å². The lowest BCUT2D eigenvalue weighted by atomic mass is 9.79. The Morgan fingerprint density at radius 3 is 2.81 bits per heavy atom. The van der Waals surface area contributed by atoms with Gasteiger partial charge in [0.2, 0.25) is 0 Å². The smallest absolute Gasteiger partial charge is 0.251 e. The highest BCUT2D eigenvalue weighted by molar-refractivity contribution is 5.94. The van der Waals surface area contributed by atoms with Crippen LogP contribution in [0.1, 0.15) is 30.1 Å². The van der Waals surface area contributed by atoms with Gasteiger partial charge in [-0.2, -0.15) is 0 Å². The van der Waals surface area contributed by atoms with E-state index in [0.717, 1.165) is 0 Å². The van der Waals surface area contributed by atoms with Crippen molar-refractivity contribution in [2.75, 3.05) is 0 Å². The Morgan fingerprint density at radius 1 is 1.56 bits per heavy atom. The van der Waals surface area contributed by atoms with Gasteiger partial charge in [0.05, 0.1) is 0 Å². The minimum atomic E-state index is -1.14. The van der Waals surface area contributed by atoms with Gasteiger partial charge in [-0.15, -0.1) is 0 Å². The maximum absolute atomic E-state index is 13.2. The second-order valence-corrected chi connectivity index (χ2v) is 4.54. The van der Waals surface area contributed by atoms with Crippen molar-refractivity contribution in [2.45, 2.75) is 31.5 Å². The number of phenolic OH excluding ortho intramolecular Hbond substituents is 1. The number of halogens is 1. The summed E-state index contributed by atoms with van der Waals surface area (Å²) >= 11 is 0. The molecule has 1 amide bonds. The maximum atomic E-state index is 13.2. The van der Waals surface area contributed by atoms with Gasteiger partial charge < -0.3 is 10.4 Å². The van der Waals surface area contributed by atoms with Crippen molar-refractivity contribution >= 4 is 5.91 Å². The summed E-state index contributed by atoms with van der Waals surface area (Å²) in [6.07, 6.45) is 0.717. The molecule has 1 saturated carbocycles. The fraction of sp³-hybridized carbons (Fsp3) is 0.417. The van der Waals surface area contributed by atoms with Crippen molar-refractivity contribution in [1.29, 1.82) is 0 Å². The fourth-order valence-electron chi connectivity index (χ4n) is 1.99. The van der Waals surface area contributed by atoms with Crippen molar-refractivity contribution in [2.24, 2.45) is 0 Å². The topological polar surface area (TPSA) is 49.3 Å². The molecule has 0 heterocycles. The molecule has 1 aliphatic rings. The molecule has 1 fully saturated rings. The van der Waals surface area contributed by atoms with Crippen LogP contribution in [0.3, 0.4) is 0 Å². The number of phenols is 1. The molecule has 0 unspecified atom stereocenters. The van der Waals surface area contributed by atoms with Gasteiger partial charge in [-0.1, -0.05) is 6.07 Å². The van der Waals surface area contributed by atoms with E-state index in [2.05, 4.69) is 5.32 Å². The molecule has 2 N–H and O–H groups in total. The Labute approximate surface area is 93.3 Å². The third-order valence-electron chi connectivity index (χ3n) is 2.79. The molecular weight excluding hydrogens is 209 g/mol. The predicted octanol–water partition coefficient (Wildman–Crippen LogP) is 2.01. The van der Waals surface area contributed by atoms with Crippen LogP contribution in [0.4, 0.5) is 4.39 Å². The van der Waals surface area contributed by atoms with E-state index in [9.17, 15) is 14.3 Å². The van der Waals surface area contributed by atoms with Gasteiger partial charge in [0.15, 0.2) is 0 Å². The molecule has 2 rings (SSSR count). The number of carbonyl (C=O) groups excluding carboxylic acids is 1. The first kappa shape index (κ1) is 10.9. The molecule has 0 aliphatic heterocycles. The number of carbonyl (C=O) groups is 1. The Balaban J connectivity index is 1.94. The van der Waals surface area contributed by atoms with E-state index in [4.69, 9.17) is 0 Å². The molecule has 3 nitrogen and oxygen atoms in total. The Hall–Kier alpha value is -1.58. The minimum absolute atomic E-state index is 0.0524. The molecule has 16 heavy (non-hydrogen) atoms. The molecular formula is C12H14FNO2. The van der Waals surface area contributed by atoms with Crippen molar-refractivity contribution < 1.29 is 14.3 Å². The molecule has 1 aromatic carbocycles. The SMILES string of the molecule is CC1(F)CC(NC(=O)c2cccc(O)c2)C1. The summed E-state index contributed by atoms with van der Waals surface area (Å²) < 4.78 is 13.2. The van der Waals surface area contributed by atoms with Crippen LogP contribution in [0.15, 0.2) is 24.3 Å². The van der Waals surface area contributed by atoms with Crippen LogP contribution in [-0.2, 0) is 0 Å². The Morgan fingerprint density at radius 2 is 2.25 bits per heavy atom. The molecule has 0 bridgehead atoms. The van der Waals surface area contributed by atoms with Gasteiger partial charge in [-0.05, 0) is 25.1 Å². The van der Waals surface area contributed by atoms with Crippen molar-refractivity contribution in [1.82, 2.24) is 5.32 Å². The molecule has 0 radical (unpaired) electrons.